The van der Waals surface area contributed by atoms with Crippen LogP contribution in [-0.2, 0) is 11.3 Å². The molecular weight excluding hydrogens is 295 g/mol. The van der Waals surface area contributed by atoms with Crippen LogP contribution in [0, 0.1) is 0 Å². The lowest BCUT2D eigenvalue weighted by Crippen LogP contribution is -2.20. The Kier molecular flexibility index (Phi) is 5.16. The van der Waals surface area contributed by atoms with Crippen molar-refractivity contribution < 1.29 is 4.79 Å². The average Bonchev–Trinajstić information content (AvgIpc) is 2.46. The molecule has 0 fully saturated rings. The van der Waals surface area contributed by atoms with Crippen molar-refractivity contribution in [1.29, 1.82) is 0 Å². The van der Waals surface area contributed by atoms with E-state index in [0.717, 1.165) is 5.56 Å². The van der Waals surface area contributed by atoms with Crippen molar-refractivity contribution in [3.63, 3.8) is 0 Å². The first-order valence-electron chi connectivity index (χ1n) is 5.95. The van der Waals surface area contributed by atoms with Gasteiger partial charge in [-0.05, 0) is 29.8 Å². The third-order valence-corrected chi connectivity index (χ3v) is 3.25. The quantitative estimate of drug-likeness (QED) is 0.875. The number of nitrogens with one attached hydrogen (secondary N) is 1. The molecule has 1 amide bonds. The first kappa shape index (κ1) is 14.6. The number of carbonyl (C=O) groups excluding carboxylic acids is 1. The van der Waals surface area contributed by atoms with Crippen LogP contribution in [0.15, 0.2) is 48.8 Å². The average molecular weight is 307 g/mol. The number of benzene rings is 1. The van der Waals surface area contributed by atoms with Crippen LogP contribution in [0.3, 0.4) is 0 Å². The van der Waals surface area contributed by atoms with Gasteiger partial charge >= 0.3 is 0 Å². The van der Waals surface area contributed by atoms with E-state index in [0.29, 0.717) is 22.2 Å². The summed E-state index contributed by atoms with van der Waals surface area (Å²) >= 11 is 12.0. The van der Waals surface area contributed by atoms with E-state index < -0.39 is 0 Å². The van der Waals surface area contributed by atoms with Crippen LogP contribution in [0.4, 0.5) is 0 Å². The minimum atomic E-state index is -0.218. The molecule has 0 bridgehead atoms. The van der Waals surface area contributed by atoms with Gasteiger partial charge in [0.15, 0.2) is 0 Å². The Bertz CT molecular complexity index is 607. The van der Waals surface area contributed by atoms with Crippen molar-refractivity contribution in [3.8, 4) is 0 Å². The van der Waals surface area contributed by atoms with Gasteiger partial charge in [-0.25, -0.2) is 0 Å². The minimum Gasteiger partial charge on any atom is -0.348 e. The van der Waals surface area contributed by atoms with Crippen molar-refractivity contribution in [2.24, 2.45) is 0 Å². The number of aromatic nitrogens is 1. The second-order valence-corrected chi connectivity index (χ2v) is 4.86. The van der Waals surface area contributed by atoms with Crippen molar-refractivity contribution in [2.75, 3.05) is 0 Å². The van der Waals surface area contributed by atoms with E-state index in [1.165, 1.54) is 6.08 Å². The molecule has 0 spiro atoms. The maximum Gasteiger partial charge on any atom is 0.244 e. The molecule has 0 aliphatic rings. The first-order chi connectivity index (χ1) is 9.66. The molecule has 5 heteroatoms. The lowest BCUT2D eigenvalue weighted by molar-refractivity contribution is -0.116. The van der Waals surface area contributed by atoms with Crippen LogP contribution >= 0.6 is 23.2 Å². The molecule has 0 unspecified atom stereocenters. The lowest BCUT2D eigenvalue weighted by Gasteiger charge is -2.03. The fraction of sp³-hybridized carbons (Fsp3) is 0.0667. The Labute approximate surface area is 127 Å². The molecule has 0 aliphatic heterocycles. The zero-order chi connectivity index (χ0) is 14.4. The van der Waals surface area contributed by atoms with Crippen molar-refractivity contribution in [1.82, 2.24) is 10.3 Å². The zero-order valence-corrected chi connectivity index (χ0v) is 12.0. The molecule has 0 aliphatic carbocycles. The van der Waals surface area contributed by atoms with Gasteiger partial charge in [0, 0.05) is 40.6 Å². The van der Waals surface area contributed by atoms with Gasteiger partial charge in [0.05, 0.1) is 0 Å². The molecule has 3 nitrogen and oxygen atoms in total. The third-order valence-electron chi connectivity index (χ3n) is 2.59. The van der Waals surface area contributed by atoms with Crippen molar-refractivity contribution >= 4 is 35.2 Å². The summed E-state index contributed by atoms with van der Waals surface area (Å²) in [6.45, 7) is 0.424. The van der Waals surface area contributed by atoms with Crippen LogP contribution in [0.2, 0.25) is 10.0 Å². The predicted octanol–water partition coefficient (Wildman–Crippen LogP) is 3.72. The summed E-state index contributed by atoms with van der Waals surface area (Å²) < 4.78 is 0. The Morgan fingerprint density at radius 3 is 2.60 bits per heavy atom. The molecular formula is C15H12Cl2N2O. The molecule has 0 saturated carbocycles. The SMILES string of the molecule is O=C(/C=C\c1c(Cl)cccc1Cl)NCc1cccnc1. The molecule has 0 radical (unpaired) electrons. The van der Waals surface area contributed by atoms with E-state index >= 15 is 0 Å². The molecule has 102 valence electrons. The van der Waals surface area contributed by atoms with Crippen LogP contribution in [0.5, 0.6) is 0 Å². The number of rotatable bonds is 4. The molecule has 2 rings (SSSR count). The van der Waals surface area contributed by atoms with E-state index in [-0.39, 0.29) is 5.91 Å². The fourth-order valence-corrected chi connectivity index (χ4v) is 2.10. The predicted molar refractivity (Wildman–Crippen MR) is 81.6 cm³/mol. The third kappa shape index (κ3) is 4.08. The Morgan fingerprint density at radius 1 is 1.20 bits per heavy atom. The summed E-state index contributed by atoms with van der Waals surface area (Å²) in [6.07, 6.45) is 6.40. The topological polar surface area (TPSA) is 42.0 Å². The number of pyridine rings is 1. The van der Waals surface area contributed by atoms with Crippen LogP contribution in [-0.4, -0.2) is 10.9 Å². The number of hydrogen-bond donors (Lipinski definition) is 1. The van der Waals surface area contributed by atoms with Gasteiger partial charge in [0.1, 0.15) is 0 Å². The Hall–Kier alpha value is -1.84. The Balaban J connectivity index is 1.96. The highest BCUT2D eigenvalue weighted by molar-refractivity contribution is 6.37. The largest absolute Gasteiger partial charge is 0.348 e. The van der Waals surface area contributed by atoms with Gasteiger partial charge in [-0.15, -0.1) is 0 Å². The van der Waals surface area contributed by atoms with Gasteiger partial charge in [0.2, 0.25) is 5.91 Å². The minimum absolute atomic E-state index is 0.218. The van der Waals surface area contributed by atoms with Crippen LogP contribution < -0.4 is 5.32 Å². The second-order valence-electron chi connectivity index (χ2n) is 4.05. The maximum absolute atomic E-state index is 11.7. The van der Waals surface area contributed by atoms with Crippen LogP contribution in [0.1, 0.15) is 11.1 Å². The lowest BCUT2D eigenvalue weighted by atomic mass is 10.2. The maximum atomic E-state index is 11.7. The number of nitrogens with zero attached hydrogens (tertiary/aromatic N) is 1. The van der Waals surface area contributed by atoms with Gasteiger partial charge in [-0.2, -0.15) is 0 Å². The summed E-state index contributed by atoms with van der Waals surface area (Å²) in [6, 6.07) is 8.91. The number of amides is 1. The van der Waals surface area contributed by atoms with Gasteiger partial charge in [0.25, 0.3) is 0 Å². The van der Waals surface area contributed by atoms with E-state index in [2.05, 4.69) is 10.3 Å². The fourth-order valence-electron chi connectivity index (χ4n) is 1.58. The number of halogens is 2. The van der Waals surface area contributed by atoms with E-state index in [1.807, 2.05) is 12.1 Å². The van der Waals surface area contributed by atoms with Gasteiger partial charge in [-0.3, -0.25) is 9.78 Å². The number of carbonyl (C=O) groups is 1. The molecule has 0 saturated heterocycles. The molecule has 2 aromatic rings. The van der Waals surface area contributed by atoms with E-state index in [9.17, 15) is 4.79 Å². The van der Waals surface area contributed by atoms with Crippen LogP contribution in [0.25, 0.3) is 6.08 Å². The summed E-state index contributed by atoms with van der Waals surface area (Å²) in [4.78, 5) is 15.7. The van der Waals surface area contributed by atoms with E-state index in [4.69, 9.17) is 23.2 Å². The second kappa shape index (κ2) is 7.08. The summed E-state index contributed by atoms with van der Waals surface area (Å²) in [5.41, 5.74) is 1.57. The van der Waals surface area contributed by atoms with Gasteiger partial charge in [-0.1, -0.05) is 35.3 Å². The smallest absolute Gasteiger partial charge is 0.244 e. The first-order valence-corrected chi connectivity index (χ1v) is 6.71. The zero-order valence-electron chi connectivity index (χ0n) is 10.5. The monoisotopic (exact) mass is 306 g/mol. The number of hydrogen-bond acceptors (Lipinski definition) is 2. The molecule has 0 atom stereocenters. The van der Waals surface area contributed by atoms with Crippen molar-refractivity contribution in [2.45, 2.75) is 6.54 Å². The van der Waals surface area contributed by atoms with Gasteiger partial charge < -0.3 is 5.32 Å². The summed E-state index contributed by atoms with van der Waals surface area (Å²) in [7, 11) is 0. The highest BCUT2D eigenvalue weighted by atomic mass is 35.5. The Morgan fingerprint density at radius 2 is 1.95 bits per heavy atom. The highest BCUT2D eigenvalue weighted by Crippen LogP contribution is 2.25. The summed E-state index contributed by atoms with van der Waals surface area (Å²) in [5, 5.41) is 3.77. The molecule has 20 heavy (non-hydrogen) atoms. The van der Waals surface area contributed by atoms with Crippen molar-refractivity contribution in [3.05, 3.63) is 70.0 Å². The van der Waals surface area contributed by atoms with E-state index in [1.54, 1.807) is 36.7 Å². The normalized spacial score (nSPS) is 10.7. The molecule has 1 N–H and O–H groups in total. The molecule has 1 aromatic heterocycles. The standard InChI is InChI=1S/C15H12Cl2N2O/c16-13-4-1-5-14(17)12(13)6-7-15(20)19-10-11-3-2-8-18-9-11/h1-9H,10H2,(H,19,20)/b7-6-. The highest BCUT2D eigenvalue weighted by Gasteiger charge is 2.02. The summed E-state index contributed by atoms with van der Waals surface area (Å²) in [5.74, 6) is -0.218. The molecule has 1 heterocycles. The molecule has 1 aromatic carbocycles.